The van der Waals surface area contributed by atoms with Gasteiger partial charge in [0, 0.05) is 25.6 Å². The second kappa shape index (κ2) is 5.21. The van der Waals surface area contributed by atoms with Crippen LogP contribution in [0.3, 0.4) is 0 Å². The van der Waals surface area contributed by atoms with Crippen LogP contribution in [0.5, 0.6) is 0 Å². The van der Waals surface area contributed by atoms with E-state index in [-0.39, 0.29) is 0 Å². The smallest absolute Gasteiger partial charge is 0.0440 e. The van der Waals surface area contributed by atoms with Crippen molar-refractivity contribution in [1.82, 2.24) is 0 Å². The number of fused-ring (bicyclic) bond motifs is 11. The first-order valence-electron chi connectivity index (χ1n) is 9.75. The van der Waals surface area contributed by atoms with Gasteiger partial charge in [-0.3, -0.25) is 0 Å². The summed E-state index contributed by atoms with van der Waals surface area (Å²) in [4.78, 5) is 0. The second-order valence-corrected chi connectivity index (χ2v) is 8.79. The molecule has 0 atom stereocenters. The number of rotatable bonds is 0. The van der Waals surface area contributed by atoms with Crippen molar-refractivity contribution in [3.8, 4) is 11.1 Å². The van der Waals surface area contributed by atoms with Crippen LogP contribution in [-0.4, -0.2) is 0 Å². The zero-order valence-corrected chi connectivity index (χ0v) is 16.0. The molecule has 1 aliphatic rings. The molecular weight excluding hydrogens is 356 g/mol. The molecule has 1 heterocycles. The predicted octanol–water partition coefficient (Wildman–Crippen LogP) is 7.93. The number of benzene rings is 5. The van der Waals surface area contributed by atoms with Crippen LogP contribution in [-0.2, 0) is 6.42 Å². The summed E-state index contributed by atoms with van der Waals surface area (Å²) >= 11 is 1.92. The number of hydrogen-bond donors (Lipinski definition) is 0. The quantitative estimate of drug-likeness (QED) is 0.237. The molecule has 0 fully saturated rings. The lowest BCUT2D eigenvalue weighted by atomic mass is 9.93. The second-order valence-electron chi connectivity index (χ2n) is 7.73. The first-order valence-corrected chi connectivity index (χ1v) is 10.6. The Labute approximate surface area is 166 Å². The summed E-state index contributed by atoms with van der Waals surface area (Å²) in [5, 5.41) is 8.25. The van der Waals surface area contributed by atoms with Gasteiger partial charge in [-0.1, -0.05) is 78.9 Å². The van der Waals surface area contributed by atoms with Gasteiger partial charge >= 0.3 is 0 Å². The molecule has 0 saturated heterocycles. The molecule has 0 nitrogen and oxygen atoms in total. The van der Waals surface area contributed by atoms with Crippen LogP contribution in [0.4, 0.5) is 0 Å². The summed E-state index contributed by atoms with van der Waals surface area (Å²) < 4.78 is 2.78. The standard InChI is InChI=1S/C27H16S/c1-2-6-19-17(5-1)15-18-11-13-22-21(25(18)19)12-9-16-10-14-23-20-7-3-4-8-24(20)28-27(23)26(16)22/h1-14H,15H2. The van der Waals surface area contributed by atoms with E-state index in [2.05, 4.69) is 84.9 Å². The Morgan fingerprint density at radius 1 is 0.571 bits per heavy atom. The van der Waals surface area contributed by atoms with Crippen LogP contribution in [0.2, 0.25) is 0 Å². The van der Waals surface area contributed by atoms with Crippen LogP contribution in [0, 0.1) is 0 Å². The zero-order valence-electron chi connectivity index (χ0n) is 15.2. The maximum absolute atomic E-state index is 2.35. The van der Waals surface area contributed by atoms with Crippen LogP contribution in [0.1, 0.15) is 11.1 Å². The van der Waals surface area contributed by atoms with Gasteiger partial charge in [0.1, 0.15) is 0 Å². The molecule has 7 rings (SSSR count). The highest BCUT2D eigenvalue weighted by atomic mass is 32.1. The molecule has 130 valence electrons. The molecule has 0 radical (unpaired) electrons. The van der Waals surface area contributed by atoms with Gasteiger partial charge in [0.15, 0.2) is 0 Å². The Morgan fingerprint density at radius 3 is 2.32 bits per heavy atom. The van der Waals surface area contributed by atoms with Crippen molar-refractivity contribution in [2.45, 2.75) is 6.42 Å². The van der Waals surface area contributed by atoms with E-state index in [1.165, 1.54) is 64.0 Å². The van der Waals surface area contributed by atoms with Crippen LogP contribution < -0.4 is 0 Å². The van der Waals surface area contributed by atoms with Crippen LogP contribution in [0.15, 0.2) is 84.9 Å². The Morgan fingerprint density at radius 2 is 1.36 bits per heavy atom. The van der Waals surface area contributed by atoms with E-state index >= 15 is 0 Å². The van der Waals surface area contributed by atoms with Gasteiger partial charge in [0.2, 0.25) is 0 Å². The molecule has 1 aromatic heterocycles. The molecule has 0 aliphatic heterocycles. The largest absolute Gasteiger partial charge is 0.135 e. The topological polar surface area (TPSA) is 0 Å². The van der Waals surface area contributed by atoms with Crippen molar-refractivity contribution < 1.29 is 0 Å². The molecule has 0 unspecified atom stereocenters. The molecule has 6 aromatic rings. The molecule has 5 aromatic carbocycles. The van der Waals surface area contributed by atoms with E-state index < -0.39 is 0 Å². The lowest BCUT2D eigenvalue weighted by molar-refractivity contribution is 1.27. The SMILES string of the molecule is c1ccc2c(c1)Cc1ccc3c(ccc4ccc5c6ccccc6sc5c43)c1-2. The van der Waals surface area contributed by atoms with Gasteiger partial charge in [-0.2, -0.15) is 0 Å². The minimum atomic E-state index is 1.05. The third-order valence-corrected chi connectivity index (χ3v) is 7.48. The van der Waals surface area contributed by atoms with Crippen molar-refractivity contribution in [3.05, 3.63) is 96.1 Å². The van der Waals surface area contributed by atoms with E-state index in [1.807, 2.05) is 11.3 Å². The molecule has 0 amide bonds. The third-order valence-electron chi connectivity index (χ3n) is 6.28. The molecule has 0 N–H and O–H groups in total. The summed E-state index contributed by atoms with van der Waals surface area (Å²) in [5.74, 6) is 0. The summed E-state index contributed by atoms with van der Waals surface area (Å²) in [5.41, 5.74) is 5.75. The summed E-state index contributed by atoms with van der Waals surface area (Å²) in [6.45, 7) is 0. The predicted molar refractivity (Wildman–Crippen MR) is 123 cm³/mol. The van der Waals surface area contributed by atoms with Gasteiger partial charge in [-0.05, 0) is 50.9 Å². The van der Waals surface area contributed by atoms with Gasteiger partial charge in [-0.15, -0.1) is 11.3 Å². The lowest BCUT2D eigenvalue weighted by Gasteiger charge is -2.10. The van der Waals surface area contributed by atoms with Crippen LogP contribution in [0.25, 0.3) is 52.8 Å². The fraction of sp³-hybridized carbons (Fsp3) is 0.0370. The Bertz CT molecular complexity index is 1580. The molecular formula is C27H16S. The van der Waals surface area contributed by atoms with E-state index in [4.69, 9.17) is 0 Å². The highest BCUT2D eigenvalue weighted by Crippen LogP contribution is 2.46. The zero-order chi connectivity index (χ0) is 18.2. The fourth-order valence-corrected chi connectivity index (χ4v) is 6.31. The molecule has 1 aliphatic carbocycles. The van der Waals surface area contributed by atoms with Gasteiger partial charge in [0.05, 0.1) is 0 Å². The Hall–Kier alpha value is -3.16. The summed E-state index contributed by atoms with van der Waals surface area (Å²) in [6, 6.07) is 31.6. The first kappa shape index (κ1) is 14.8. The lowest BCUT2D eigenvalue weighted by Crippen LogP contribution is -1.85. The van der Waals surface area contributed by atoms with Gasteiger partial charge in [-0.25, -0.2) is 0 Å². The Balaban J connectivity index is 1.70. The minimum Gasteiger partial charge on any atom is -0.135 e. The van der Waals surface area contributed by atoms with Crippen molar-refractivity contribution in [3.63, 3.8) is 0 Å². The molecule has 0 bridgehead atoms. The van der Waals surface area contributed by atoms with E-state index in [0.717, 1.165) is 6.42 Å². The highest BCUT2D eigenvalue weighted by molar-refractivity contribution is 7.26. The van der Waals surface area contributed by atoms with Crippen molar-refractivity contribution in [1.29, 1.82) is 0 Å². The molecule has 0 spiro atoms. The maximum atomic E-state index is 2.35. The average Bonchev–Trinajstić information content (AvgIpc) is 3.31. The van der Waals surface area contributed by atoms with E-state index in [1.54, 1.807) is 0 Å². The van der Waals surface area contributed by atoms with Crippen molar-refractivity contribution in [2.24, 2.45) is 0 Å². The van der Waals surface area contributed by atoms with Crippen molar-refractivity contribution >= 4 is 53.1 Å². The minimum absolute atomic E-state index is 1.05. The van der Waals surface area contributed by atoms with Crippen molar-refractivity contribution in [2.75, 3.05) is 0 Å². The molecule has 0 saturated carbocycles. The monoisotopic (exact) mass is 372 g/mol. The normalized spacial score (nSPS) is 12.9. The molecule has 28 heavy (non-hydrogen) atoms. The summed E-state index contributed by atoms with van der Waals surface area (Å²) in [6.07, 6.45) is 1.05. The van der Waals surface area contributed by atoms with Crippen LogP contribution >= 0.6 is 11.3 Å². The highest BCUT2D eigenvalue weighted by Gasteiger charge is 2.21. The molecule has 1 heteroatoms. The first-order chi connectivity index (χ1) is 13.9. The Kier molecular flexibility index (Phi) is 2.76. The number of thiophene rings is 1. The third kappa shape index (κ3) is 1.80. The average molecular weight is 372 g/mol. The van der Waals surface area contributed by atoms with Gasteiger partial charge < -0.3 is 0 Å². The maximum Gasteiger partial charge on any atom is 0.0440 e. The van der Waals surface area contributed by atoms with Gasteiger partial charge in [0.25, 0.3) is 0 Å². The summed E-state index contributed by atoms with van der Waals surface area (Å²) in [7, 11) is 0. The van der Waals surface area contributed by atoms with E-state index in [0.29, 0.717) is 0 Å². The fourth-order valence-electron chi connectivity index (χ4n) is 5.04. The number of hydrogen-bond acceptors (Lipinski definition) is 1. The van der Waals surface area contributed by atoms with E-state index in [9.17, 15) is 0 Å².